The van der Waals surface area contributed by atoms with E-state index in [0.717, 1.165) is 19.3 Å². The fraction of sp³-hybridized carbons (Fsp3) is 0.500. The molecular weight excluding hydrogens is 373 g/mol. The lowest BCUT2D eigenvalue weighted by molar-refractivity contribution is 0.228. The Hall–Kier alpha value is 0.190. The first-order valence-corrected chi connectivity index (χ1v) is 9.31. The van der Waals surface area contributed by atoms with Crippen molar-refractivity contribution in [1.82, 2.24) is 4.31 Å². The number of rotatable bonds is 5. The van der Waals surface area contributed by atoms with Crippen LogP contribution in [0.5, 0.6) is 0 Å². The second kappa shape index (κ2) is 6.31. The van der Waals surface area contributed by atoms with Gasteiger partial charge in [-0.25, -0.2) is 8.42 Å². The van der Waals surface area contributed by atoms with Gasteiger partial charge < -0.3 is 0 Å². The number of alkyl halides is 1. The molecule has 1 aromatic carbocycles. The number of sulfonamides is 1. The van der Waals surface area contributed by atoms with Crippen molar-refractivity contribution in [3.05, 3.63) is 28.2 Å². The van der Waals surface area contributed by atoms with E-state index < -0.39 is 10.0 Å². The van der Waals surface area contributed by atoms with Crippen LogP contribution >= 0.6 is 39.1 Å². The van der Waals surface area contributed by atoms with E-state index in [0.29, 0.717) is 21.9 Å². The third kappa shape index (κ3) is 3.45. The molecule has 1 fully saturated rings. The van der Waals surface area contributed by atoms with Gasteiger partial charge in [0, 0.05) is 28.0 Å². The number of halogens is 3. The Kier molecular flexibility index (Phi) is 5.17. The lowest BCUT2D eigenvalue weighted by atomic mass is 9.93. The van der Waals surface area contributed by atoms with Gasteiger partial charge in [0.05, 0.1) is 4.90 Å². The van der Waals surface area contributed by atoms with Gasteiger partial charge in [-0.3, -0.25) is 0 Å². The Balaban J connectivity index is 2.37. The van der Waals surface area contributed by atoms with Gasteiger partial charge in [-0.2, -0.15) is 4.31 Å². The number of benzene rings is 1. The molecule has 0 atom stereocenters. The van der Waals surface area contributed by atoms with Crippen LogP contribution in [0.15, 0.2) is 23.1 Å². The smallest absolute Gasteiger partial charge is 0.207 e. The molecule has 1 aromatic rings. The molecule has 1 aliphatic carbocycles. The average molecular weight is 387 g/mol. The fourth-order valence-electron chi connectivity index (χ4n) is 2.07. The molecule has 0 aliphatic heterocycles. The van der Waals surface area contributed by atoms with Crippen molar-refractivity contribution >= 4 is 49.2 Å². The van der Waals surface area contributed by atoms with Crippen LogP contribution in [0, 0.1) is 0 Å². The monoisotopic (exact) mass is 385 g/mol. The second-order valence-corrected chi connectivity index (χ2v) is 8.05. The summed E-state index contributed by atoms with van der Waals surface area (Å²) in [5, 5.41) is 1.27. The second-order valence-electron chi connectivity index (χ2n) is 4.49. The van der Waals surface area contributed by atoms with Crippen molar-refractivity contribution in [1.29, 1.82) is 0 Å². The molecule has 0 bridgehead atoms. The molecule has 0 amide bonds. The van der Waals surface area contributed by atoms with Crippen molar-refractivity contribution in [3.63, 3.8) is 0 Å². The van der Waals surface area contributed by atoms with Crippen LogP contribution in [0.3, 0.4) is 0 Å². The van der Waals surface area contributed by atoms with Crippen LogP contribution in [0.25, 0.3) is 0 Å². The van der Waals surface area contributed by atoms with Crippen LogP contribution in [0.4, 0.5) is 0 Å². The SMILES string of the molecule is O=S(=O)(c1cc(Cl)cc(Cl)c1)N(CCBr)C1CCC1. The Bertz CT molecular complexity index is 541. The predicted molar refractivity (Wildman–Crippen MR) is 81.8 cm³/mol. The quantitative estimate of drug-likeness (QED) is 0.719. The molecular formula is C12H14BrCl2NO2S. The summed E-state index contributed by atoms with van der Waals surface area (Å²) in [6.07, 6.45) is 2.91. The van der Waals surface area contributed by atoms with Gasteiger partial charge in [-0.15, -0.1) is 0 Å². The lowest BCUT2D eigenvalue weighted by Crippen LogP contribution is -2.45. The Morgan fingerprint density at radius 2 is 1.79 bits per heavy atom. The van der Waals surface area contributed by atoms with Gasteiger partial charge in [-0.05, 0) is 31.0 Å². The first kappa shape index (κ1) is 15.6. The molecule has 1 aliphatic rings. The molecule has 0 N–H and O–H groups in total. The highest BCUT2D eigenvalue weighted by molar-refractivity contribution is 9.09. The van der Waals surface area contributed by atoms with Gasteiger partial charge in [-0.1, -0.05) is 45.6 Å². The number of hydrogen-bond acceptors (Lipinski definition) is 2. The number of hydrogen-bond donors (Lipinski definition) is 0. The largest absolute Gasteiger partial charge is 0.243 e. The van der Waals surface area contributed by atoms with Gasteiger partial charge in [0.15, 0.2) is 0 Å². The standard InChI is InChI=1S/C12H14BrCl2NO2S/c13-4-5-16(11-2-1-3-11)19(17,18)12-7-9(14)6-10(15)8-12/h6-8,11H,1-5H2. The third-order valence-electron chi connectivity index (χ3n) is 3.23. The molecule has 2 rings (SSSR count). The zero-order chi connectivity index (χ0) is 14.0. The van der Waals surface area contributed by atoms with Gasteiger partial charge in [0.2, 0.25) is 10.0 Å². The van der Waals surface area contributed by atoms with Crippen LogP contribution in [0.2, 0.25) is 10.0 Å². The van der Waals surface area contributed by atoms with Crippen molar-refractivity contribution in [2.75, 3.05) is 11.9 Å². The summed E-state index contributed by atoms with van der Waals surface area (Å²) in [4.78, 5) is 0.165. The van der Waals surface area contributed by atoms with Crippen molar-refractivity contribution < 1.29 is 8.42 Å². The van der Waals surface area contributed by atoms with Crippen LogP contribution in [-0.4, -0.2) is 30.6 Å². The first-order chi connectivity index (χ1) is 8.95. The van der Waals surface area contributed by atoms with E-state index in [1.165, 1.54) is 18.2 Å². The lowest BCUT2D eigenvalue weighted by Gasteiger charge is -2.36. The van der Waals surface area contributed by atoms with E-state index in [1.807, 2.05) is 0 Å². The van der Waals surface area contributed by atoms with Crippen LogP contribution in [0.1, 0.15) is 19.3 Å². The van der Waals surface area contributed by atoms with E-state index in [1.54, 1.807) is 4.31 Å². The van der Waals surface area contributed by atoms with Crippen LogP contribution in [-0.2, 0) is 10.0 Å². The summed E-state index contributed by atoms with van der Waals surface area (Å²) in [5.41, 5.74) is 0. The molecule has 106 valence electrons. The van der Waals surface area contributed by atoms with Crippen molar-refractivity contribution in [2.45, 2.75) is 30.2 Å². The minimum absolute atomic E-state index is 0.0975. The molecule has 19 heavy (non-hydrogen) atoms. The zero-order valence-electron chi connectivity index (χ0n) is 10.2. The average Bonchev–Trinajstić information content (AvgIpc) is 2.24. The summed E-state index contributed by atoms with van der Waals surface area (Å²) in [6.45, 7) is 0.455. The van der Waals surface area contributed by atoms with Crippen LogP contribution < -0.4 is 0 Å². The molecule has 0 unspecified atom stereocenters. The number of nitrogens with zero attached hydrogens (tertiary/aromatic N) is 1. The minimum Gasteiger partial charge on any atom is -0.207 e. The van der Waals surface area contributed by atoms with Crippen molar-refractivity contribution in [2.24, 2.45) is 0 Å². The maximum absolute atomic E-state index is 12.6. The van der Waals surface area contributed by atoms with E-state index in [9.17, 15) is 8.42 Å². The fourth-order valence-corrected chi connectivity index (χ4v) is 5.10. The highest BCUT2D eigenvalue weighted by Crippen LogP contribution is 2.31. The van der Waals surface area contributed by atoms with E-state index >= 15 is 0 Å². The molecule has 0 radical (unpaired) electrons. The highest BCUT2D eigenvalue weighted by atomic mass is 79.9. The van der Waals surface area contributed by atoms with E-state index in [4.69, 9.17) is 23.2 Å². The predicted octanol–water partition coefficient (Wildman–Crippen LogP) is 3.93. The molecule has 0 spiro atoms. The normalized spacial score (nSPS) is 16.6. The molecule has 1 saturated carbocycles. The Morgan fingerprint density at radius 3 is 2.21 bits per heavy atom. The van der Waals surface area contributed by atoms with Crippen molar-refractivity contribution in [3.8, 4) is 0 Å². The molecule has 0 aromatic heterocycles. The summed E-state index contributed by atoms with van der Waals surface area (Å²) in [7, 11) is -3.53. The summed E-state index contributed by atoms with van der Waals surface area (Å²) >= 11 is 15.1. The third-order valence-corrected chi connectivity index (χ3v) is 5.95. The van der Waals surface area contributed by atoms with E-state index in [2.05, 4.69) is 15.9 Å². The summed E-state index contributed by atoms with van der Waals surface area (Å²) in [5.74, 6) is 0. The molecule has 7 heteroatoms. The molecule has 0 heterocycles. The highest BCUT2D eigenvalue weighted by Gasteiger charge is 2.34. The summed E-state index contributed by atoms with van der Waals surface area (Å²) < 4.78 is 26.8. The Labute approximate surface area is 132 Å². The van der Waals surface area contributed by atoms with E-state index in [-0.39, 0.29) is 10.9 Å². The molecule has 0 saturated heterocycles. The van der Waals surface area contributed by atoms with Gasteiger partial charge >= 0.3 is 0 Å². The maximum atomic E-state index is 12.6. The summed E-state index contributed by atoms with van der Waals surface area (Å²) in [6, 6.07) is 4.52. The zero-order valence-corrected chi connectivity index (χ0v) is 14.1. The first-order valence-electron chi connectivity index (χ1n) is 5.99. The topological polar surface area (TPSA) is 37.4 Å². The Morgan fingerprint density at radius 1 is 1.21 bits per heavy atom. The molecule has 3 nitrogen and oxygen atoms in total. The minimum atomic E-state index is -3.53. The van der Waals surface area contributed by atoms with Gasteiger partial charge in [0.1, 0.15) is 0 Å². The van der Waals surface area contributed by atoms with Gasteiger partial charge in [0.25, 0.3) is 0 Å². The maximum Gasteiger partial charge on any atom is 0.243 e.